The van der Waals surface area contributed by atoms with Gasteiger partial charge in [0.2, 0.25) is 0 Å². The molecule has 0 fully saturated rings. The van der Waals surface area contributed by atoms with Crippen LogP contribution in [0.1, 0.15) is 24.8 Å². The molecule has 0 saturated heterocycles. The second kappa shape index (κ2) is 5.82. The minimum atomic E-state index is 0.0618. The van der Waals surface area contributed by atoms with Crippen molar-refractivity contribution in [3.63, 3.8) is 0 Å². The first kappa shape index (κ1) is 12.1. The zero-order valence-electron chi connectivity index (χ0n) is 8.29. The number of nitrogens with one attached hydrogen (secondary N) is 1. The lowest BCUT2D eigenvalue weighted by Crippen LogP contribution is -2.31. The van der Waals surface area contributed by atoms with Gasteiger partial charge in [0.25, 0.3) is 0 Å². The van der Waals surface area contributed by atoms with Gasteiger partial charge in [0.1, 0.15) is 0 Å². The van der Waals surface area contributed by atoms with E-state index < -0.39 is 0 Å². The summed E-state index contributed by atoms with van der Waals surface area (Å²) in [6.07, 6.45) is 0.226. The van der Waals surface area contributed by atoms with Crippen LogP contribution < -0.4 is 11.3 Å². The van der Waals surface area contributed by atoms with Crippen molar-refractivity contribution in [1.29, 1.82) is 0 Å². The van der Waals surface area contributed by atoms with E-state index in [0.717, 1.165) is 4.47 Å². The number of hydrogen-bond donors (Lipinski definition) is 2. The third kappa shape index (κ3) is 3.33. The van der Waals surface area contributed by atoms with Crippen LogP contribution in [0.15, 0.2) is 15.9 Å². The van der Waals surface area contributed by atoms with Crippen molar-refractivity contribution < 1.29 is 4.74 Å². The van der Waals surface area contributed by atoms with E-state index in [1.165, 1.54) is 4.88 Å². The molecular formula is C9H15BrN2OS. The first-order valence-electron chi connectivity index (χ1n) is 4.45. The molecule has 0 bridgehead atoms. The van der Waals surface area contributed by atoms with Gasteiger partial charge in [0, 0.05) is 9.35 Å². The second-order valence-electron chi connectivity index (χ2n) is 3.23. The largest absolute Gasteiger partial charge is 0.377 e. The third-order valence-corrected chi connectivity index (χ3v) is 3.74. The Bertz CT molecular complexity index is 278. The number of ether oxygens (including phenoxy) is 1. The molecule has 1 unspecified atom stereocenters. The zero-order chi connectivity index (χ0) is 10.6. The molecule has 3 nitrogen and oxygen atoms in total. The number of rotatable bonds is 5. The molecule has 0 aliphatic carbocycles. The molecule has 0 radical (unpaired) electrons. The summed E-state index contributed by atoms with van der Waals surface area (Å²) in [6, 6.07) is 2.08. The van der Waals surface area contributed by atoms with Crippen molar-refractivity contribution >= 4 is 27.3 Å². The van der Waals surface area contributed by atoms with Crippen molar-refractivity contribution in [2.24, 2.45) is 5.84 Å². The first-order chi connectivity index (χ1) is 6.65. The maximum Gasteiger partial charge on any atom is 0.0798 e. The van der Waals surface area contributed by atoms with Crippen LogP contribution in [0.2, 0.25) is 0 Å². The summed E-state index contributed by atoms with van der Waals surface area (Å²) in [5.74, 6) is 5.47. The fourth-order valence-corrected chi connectivity index (χ4v) is 2.74. The van der Waals surface area contributed by atoms with Crippen molar-refractivity contribution in [1.82, 2.24) is 5.43 Å². The Morgan fingerprint density at radius 2 is 2.36 bits per heavy atom. The van der Waals surface area contributed by atoms with E-state index in [1.54, 1.807) is 11.3 Å². The second-order valence-corrected chi connectivity index (χ2v) is 5.04. The standard InChI is InChI=1S/C9H15BrN2OS/c1-6(2)13-5-8(12-11)9-7(10)3-4-14-9/h3-4,6,8,12H,5,11H2,1-2H3. The van der Waals surface area contributed by atoms with Crippen molar-refractivity contribution in [2.75, 3.05) is 6.61 Å². The van der Waals surface area contributed by atoms with Crippen LogP contribution in [-0.2, 0) is 4.74 Å². The molecule has 1 aromatic rings. The Hall–Kier alpha value is 0.0600. The van der Waals surface area contributed by atoms with E-state index in [0.29, 0.717) is 6.61 Å². The Morgan fingerprint density at radius 1 is 1.64 bits per heavy atom. The highest BCUT2D eigenvalue weighted by Crippen LogP contribution is 2.28. The number of hydrazine groups is 1. The van der Waals surface area contributed by atoms with Gasteiger partial charge in [-0.2, -0.15) is 0 Å². The number of thiophene rings is 1. The Labute approximate surface area is 96.7 Å². The van der Waals surface area contributed by atoms with Gasteiger partial charge in [-0.05, 0) is 41.2 Å². The summed E-state index contributed by atoms with van der Waals surface area (Å²) in [4.78, 5) is 1.17. The molecule has 80 valence electrons. The summed E-state index contributed by atoms with van der Waals surface area (Å²) in [5, 5.41) is 2.03. The van der Waals surface area contributed by atoms with Crippen LogP contribution in [0.5, 0.6) is 0 Å². The minimum Gasteiger partial charge on any atom is -0.377 e. The SMILES string of the molecule is CC(C)OCC(NN)c1sccc1Br. The zero-order valence-corrected chi connectivity index (χ0v) is 10.7. The molecule has 5 heteroatoms. The van der Waals surface area contributed by atoms with Crippen LogP contribution in [0, 0.1) is 0 Å². The summed E-state index contributed by atoms with van der Waals surface area (Å²) in [5.41, 5.74) is 2.76. The van der Waals surface area contributed by atoms with Gasteiger partial charge in [0.05, 0.1) is 18.8 Å². The summed E-state index contributed by atoms with van der Waals surface area (Å²) < 4.78 is 6.60. The highest BCUT2D eigenvalue weighted by molar-refractivity contribution is 9.10. The summed E-state index contributed by atoms with van der Waals surface area (Å²) >= 11 is 5.14. The highest BCUT2D eigenvalue weighted by atomic mass is 79.9. The summed E-state index contributed by atoms with van der Waals surface area (Å²) in [6.45, 7) is 4.61. The van der Waals surface area contributed by atoms with Crippen molar-refractivity contribution in [3.8, 4) is 0 Å². The fraction of sp³-hybridized carbons (Fsp3) is 0.556. The summed E-state index contributed by atoms with van der Waals surface area (Å²) in [7, 11) is 0. The molecule has 0 aromatic carbocycles. The smallest absolute Gasteiger partial charge is 0.0798 e. The lowest BCUT2D eigenvalue weighted by Gasteiger charge is -2.16. The molecule has 1 aromatic heterocycles. The molecule has 1 heterocycles. The van der Waals surface area contributed by atoms with E-state index >= 15 is 0 Å². The lowest BCUT2D eigenvalue weighted by molar-refractivity contribution is 0.0617. The molecule has 14 heavy (non-hydrogen) atoms. The van der Waals surface area contributed by atoms with Crippen molar-refractivity contribution in [2.45, 2.75) is 26.0 Å². The van der Waals surface area contributed by atoms with Crippen LogP contribution in [0.25, 0.3) is 0 Å². The number of hydrogen-bond acceptors (Lipinski definition) is 4. The average molecular weight is 279 g/mol. The van der Waals surface area contributed by atoms with Gasteiger partial charge in [-0.25, -0.2) is 5.43 Å². The first-order valence-corrected chi connectivity index (χ1v) is 6.13. The van der Waals surface area contributed by atoms with Crippen molar-refractivity contribution in [3.05, 3.63) is 20.8 Å². The van der Waals surface area contributed by atoms with E-state index in [9.17, 15) is 0 Å². The van der Waals surface area contributed by atoms with E-state index in [4.69, 9.17) is 10.6 Å². The van der Waals surface area contributed by atoms with Crippen LogP contribution in [-0.4, -0.2) is 12.7 Å². The average Bonchev–Trinajstić information content (AvgIpc) is 2.53. The monoisotopic (exact) mass is 278 g/mol. The fourth-order valence-electron chi connectivity index (χ4n) is 1.04. The Kier molecular flexibility index (Phi) is 5.05. The molecular weight excluding hydrogens is 264 g/mol. The quantitative estimate of drug-likeness (QED) is 0.643. The van der Waals surface area contributed by atoms with Gasteiger partial charge in [-0.1, -0.05) is 0 Å². The molecule has 3 N–H and O–H groups in total. The van der Waals surface area contributed by atoms with Gasteiger partial charge in [-0.15, -0.1) is 11.3 Å². The molecule has 0 aliphatic rings. The van der Waals surface area contributed by atoms with Crippen LogP contribution in [0.4, 0.5) is 0 Å². The Morgan fingerprint density at radius 3 is 2.79 bits per heavy atom. The van der Waals surface area contributed by atoms with Crippen LogP contribution >= 0.6 is 27.3 Å². The predicted octanol–water partition coefficient (Wildman–Crippen LogP) is 2.44. The molecule has 0 saturated carbocycles. The van der Waals surface area contributed by atoms with E-state index in [-0.39, 0.29) is 12.1 Å². The molecule has 1 rings (SSSR count). The third-order valence-electron chi connectivity index (χ3n) is 1.76. The number of halogens is 1. The molecule has 0 aliphatic heterocycles. The van der Waals surface area contributed by atoms with Gasteiger partial charge >= 0.3 is 0 Å². The van der Waals surface area contributed by atoms with Gasteiger partial charge in [0.15, 0.2) is 0 Å². The molecule has 0 amide bonds. The maximum absolute atomic E-state index is 5.52. The van der Waals surface area contributed by atoms with Gasteiger partial charge < -0.3 is 4.74 Å². The Balaban J connectivity index is 2.58. The highest BCUT2D eigenvalue weighted by Gasteiger charge is 2.14. The van der Waals surface area contributed by atoms with E-state index in [1.807, 2.05) is 25.3 Å². The topological polar surface area (TPSA) is 47.3 Å². The van der Waals surface area contributed by atoms with Crippen LogP contribution in [0.3, 0.4) is 0 Å². The lowest BCUT2D eigenvalue weighted by atomic mass is 10.2. The van der Waals surface area contributed by atoms with E-state index in [2.05, 4.69) is 21.4 Å². The molecule has 0 spiro atoms. The normalized spacial score (nSPS) is 13.5. The predicted molar refractivity (Wildman–Crippen MR) is 63.2 cm³/mol. The molecule has 1 atom stereocenters. The van der Waals surface area contributed by atoms with Gasteiger partial charge in [-0.3, -0.25) is 5.84 Å². The number of nitrogens with two attached hydrogens (primary N) is 1. The minimum absolute atomic E-state index is 0.0618. The maximum atomic E-state index is 5.52.